The van der Waals surface area contributed by atoms with Gasteiger partial charge < -0.3 is 10.1 Å². The number of hydrogen-bond donors (Lipinski definition) is 1. The van der Waals surface area contributed by atoms with Crippen LogP contribution in [0.3, 0.4) is 0 Å². The van der Waals surface area contributed by atoms with Crippen molar-refractivity contribution in [2.75, 3.05) is 11.9 Å². The van der Waals surface area contributed by atoms with Crippen molar-refractivity contribution in [1.29, 1.82) is 5.26 Å². The van der Waals surface area contributed by atoms with Crippen molar-refractivity contribution < 1.29 is 14.3 Å². The number of esters is 1. The van der Waals surface area contributed by atoms with Crippen LogP contribution in [0.5, 0.6) is 0 Å². The van der Waals surface area contributed by atoms with Gasteiger partial charge in [0.25, 0.3) is 5.91 Å². The first-order valence-electron chi connectivity index (χ1n) is 7.61. The van der Waals surface area contributed by atoms with Crippen LogP contribution >= 0.6 is 11.8 Å². The van der Waals surface area contributed by atoms with Gasteiger partial charge in [-0.2, -0.15) is 5.26 Å². The number of carbonyl (C=O) groups excluding carboxylic acids is 2. The number of thioether (sulfide) groups is 1. The van der Waals surface area contributed by atoms with Gasteiger partial charge in [0.2, 0.25) is 0 Å². The summed E-state index contributed by atoms with van der Waals surface area (Å²) < 4.78 is 5.06. The van der Waals surface area contributed by atoms with Crippen LogP contribution < -0.4 is 5.32 Å². The Labute approximate surface area is 151 Å². The Morgan fingerprint density at radius 3 is 2.44 bits per heavy atom. The number of hydrogen-bond acceptors (Lipinski definition) is 5. The second-order valence-corrected chi connectivity index (χ2v) is 6.48. The number of ether oxygens (including phenoxy) is 1. The molecule has 2 aromatic rings. The number of carbonyl (C=O) groups is 2. The molecule has 0 radical (unpaired) electrons. The number of thiocyanates is 1. The van der Waals surface area contributed by atoms with E-state index in [1.165, 1.54) is 0 Å². The van der Waals surface area contributed by atoms with E-state index in [-0.39, 0.29) is 6.61 Å². The minimum atomic E-state index is -0.534. The van der Waals surface area contributed by atoms with Gasteiger partial charge in [0.1, 0.15) is 5.40 Å². The Morgan fingerprint density at radius 1 is 1.16 bits per heavy atom. The van der Waals surface area contributed by atoms with Crippen LogP contribution in [0.1, 0.15) is 27.0 Å². The quantitative estimate of drug-likeness (QED) is 0.499. The lowest BCUT2D eigenvalue weighted by molar-refractivity contribution is -0.119. The smallest absolute Gasteiger partial charge is 0.338 e. The molecule has 0 aliphatic heterocycles. The summed E-state index contributed by atoms with van der Waals surface area (Å²) in [6, 6.07) is 10.7. The fourth-order valence-corrected chi connectivity index (χ4v) is 2.97. The van der Waals surface area contributed by atoms with Crippen LogP contribution in [0.2, 0.25) is 0 Å². The third-order valence-electron chi connectivity index (χ3n) is 3.52. The molecule has 0 spiro atoms. The van der Waals surface area contributed by atoms with E-state index in [1.807, 2.05) is 44.4 Å². The standard InChI is InChI=1S/C19H18N2O3S/c1-12-5-4-6-15(7-12)19(23)24-10-17(22)21-18-13(2)8-16(25-11-20)9-14(18)3/h4-9H,10H2,1-3H3,(H,21,22). The second kappa shape index (κ2) is 8.36. The maximum absolute atomic E-state index is 12.1. The molecule has 25 heavy (non-hydrogen) atoms. The zero-order valence-electron chi connectivity index (χ0n) is 14.3. The highest BCUT2D eigenvalue weighted by molar-refractivity contribution is 8.03. The van der Waals surface area contributed by atoms with Crippen molar-refractivity contribution in [1.82, 2.24) is 0 Å². The van der Waals surface area contributed by atoms with E-state index in [0.717, 1.165) is 33.3 Å². The lowest BCUT2D eigenvalue weighted by Crippen LogP contribution is -2.22. The summed E-state index contributed by atoms with van der Waals surface area (Å²) in [5.74, 6) is -0.944. The molecular weight excluding hydrogens is 336 g/mol. The Hall–Kier alpha value is -2.78. The Bertz CT molecular complexity index is 833. The van der Waals surface area contributed by atoms with Crippen LogP contribution in [-0.4, -0.2) is 18.5 Å². The summed E-state index contributed by atoms with van der Waals surface area (Å²) in [4.78, 5) is 24.9. The third kappa shape index (κ3) is 5.10. The van der Waals surface area contributed by atoms with Crippen molar-refractivity contribution in [2.45, 2.75) is 25.7 Å². The van der Waals surface area contributed by atoms with Crippen molar-refractivity contribution in [2.24, 2.45) is 0 Å². The SMILES string of the molecule is Cc1cccc(C(=O)OCC(=O)Nc2c(C)cc(SC#N)cc2C)c1. The largest absolute Gasteiger partial charge is 0.452 e. The molecule has 0 saturated carbocycles. The van der Waals surface area contributed by atoms with Crippen LogP contribution in [0.4, 0.5) is 5.69 Å². The average molecular weight is 354 g/mol. The summed E-state index contributed by atoms with van der Waals surface area (Å²) >= 11 is 1.07. The second-order valence-electron chi connectivity index (χ2n) is 5.62. The lowest BCUT2D eigenvalue weighted by Gasteiger charge is -2.13. The molecule has 0 heterocycles. The Kier molecular flexibility index (Phi) is 6.20. The average Bonchev–Trinajstić information content (AvgIpc) is 2.56. The molecule has 0 unspecified atom stereocenters. The number of nitrogens with one attached hydrogen (secondary N) is 1. The number of nitriles is 1. The molecule has 0 aromatic heterocycles. The molecule has 0 aliphatic rings. The molecule has 0 aliphatic carbocycles. The van der Waals surface area contributed by atoms with Crippen LogP contribution in [0, 0.1) is 31.4 Å². The van der Waals surface area contributed by atoms with Gasteiger partial charge >= 0.3 is 5.97 Å². The zero-order valence-corrected chi connectivity index (χ0v) is 15.1. The fraction of sp³-hybridized carbons (Fsp3) is 0.211. The van der Waals surface area contributed by atoms with Crippen molar-refractivity contribution in [3.63, 3.8) is 0 Å². The number of rotatable bonds is 5. The summed E-state index contributed by atoms with van der Waals surface area (Å²) in [7, 11) is 0. The third-order valence-corrected chi connectivity index (χ3v) is 4.08. The van der Waals surface area contributed by atoms with Crippen LogP contribution in [0.15, 0.2) is 41.3 Å². The first-order valence-corrected chi connectivity index (χ1v) is 8.43. The van der Waals surface area contributed by atoms with Gasteiger partial charge in [-0.1, -0.05) is 17.7 Å². The number of nitrogens with zero attached hydrogens (tertiary/aromatic N) is 1. The Morgan fingerprint density at radius 2 is 1.84 bits per heavy atom. The van der Waals surface area contributed by atoms with E-state index in [1.54, 1.807) is 18.2 Å². The highest BCUT2D eigenvalue weighted by Crippen LogP contribution is 2.27. The van der Waals surface area contributed by atoms with Gasteiger partial charge in [0.15, 0.2) is 6.61 Å². The van der Waals surface area contributed by atoms with Gasteiger partial charge in [-0.05, 0) is 67.9 Å². The number of amides is 1. The number of aryl methyl sites for hydroxylation is 3. The normalized spacial score (nSPS) is 10.0. The summed E-state index contributed by atoms with van der Waals surface area (Å²) in [6.07, 6.45) is 0. The minimum absolute atomic E-state index is 0.361. The highest BCUT2D eigenvalue weighted by Gasteiger charge is 2.13. The van der Waals surface area contributed by atoms with Crippen molar-refractivity contribution >= 4 is 29.3 Å². The number of benzene rings is 2. The van der Waals surface area contributed by atoms with Crippen molar-refractivity contribution in [3.8, 4) is 5.40 Å². The number of anilines is 1. The molecule has 0 bridgehead atoms. The molecule has 6 heteroatoms. The van der Waals surface area contributed by atoms with E-state index in [2.05, 4.69) is 5.32 Å². The highest BCUT2D eigenvalue weighted by atomic mass is 32.2. The first-order chi connectivity index (χ1) is 11.9. The van der Waals surface area contributed by atoms with E-state index >= 15 is 0 Å². The van der Waals surface area contributed by atoms with Gasteiger partial charge in [-0.15, -0.1) is 0 Å². The van der Waals surface area contributed by atoms with Gasteiger partial charge in [-0.25, -0.2) is 4.79 Å². The molecule has 5 nitrogen and oxygen atoms in total. The van der Waals surface area contributed by atoms with Crippen LogP contribution in [0.25, 0.3) is 0 Å². The van der Waals surface area contributed by atoms with Gasteiger partial charge in [0.05, 0.1) is 5.56 Å². The van der Waals surface area contributed by atoms with Gasteiger partial charge in [0, 0.05) is 10.6 Å². The predicted octanol–water partition coefficient (Wildman–Crippen LogP) is 3.98. The molecule has 128 valence electrons. The zero-order chi connectivity index (χ0) is 18.4. The van der Waals surface area contributed by atoms with Crippen LogP contribution in [-0.2, 0) is 9.53 Å². The van der Waals surface area contributed by atoms with E-state index in [9.17, 15) is 9.59 Å². The maximum atomic E-state index is 12.1. The molecule has 1 amide bonds. The molecule has 0 atom stereocenters. The Balaban J connectivity index is 1.99. The topological polar surface area (TPSA) is 79.2 Å². The predicted molar refractivity (Wildman–Crippen MR) is 97.5 cm³/mol. The summed E-state index contributed by atoms with van der Waals surface area (Å²) in [5, 5.41) is 13.5. The molecular formula is C19H18N2O3S. The lowest BCUT2D eigenvalue weighted by atomic mass is 10.1. The first kappa shape index (κ1) is 18.6. The summed E-state index contributed by atoms with van der Waals surface area (Å²) in [6.45, 7) is 5.22. The minimum Gasteiger partial charge on any atom is -0.452 e. The van der Waals surface area contributed by atoms with Crippen molar-refractivity contribution in [3.05, 3.63) is 58.7 Å². The fourth-order valence-electron chi connectivity index (χ4n) is 2.39. The molecule has 1 N–H and O–H groups in total. The molecule has 0 fully saturated rings. The maximum Gasteiger partial charge on any atom is 0.338 e. The summed E-state index contributed by atoms with van der Waals surface area (Å²) in [5.41, 5.74) is 3.71. The van der Waals surface area contributed by atoms with E-state index in [4.69, 9.17) is 10.00 Å². The van der Waals surface area contributed by atoms with E-state index < -0.39 is 11.9 Å². The van der Waals surface area contributed by atoms with E-state index in [0.29, 0.717) is 11.3 Å². The molecule has 0 saturated heterocycles. The van der Waals surface area contributed by atoms with Gasteiger partial charge in [-0.3, -0.25) is 4.79 Å². The molecule has 2 rings (SSSR count). The monoisotopic (exact) mass is 354 g/mol. The molecule has 2 aromatic carbocycles.